The SMILES string of the molecule is O=C1S/C(=C\c2cccn2-c2ccc(O)cc2)C(=O)N1Cc1ccccc1Cl. The molecule has 1 aliphatic rings. The molecule has 140 valence electrons. The Hall–Kier alpha value is -2.96. The number of phenols is 1. The van der Waals surface area contributed by atoms with Crippen LogP contribution in [0, 0.1) is 0 Å². The molecule has 0 bridgehead atoms. The molecule has 1 aromatic heterocycles. The third kappa shape index (κ3) is 3.56. The fourth-order valence-electron chi connectivity index (χ4n) is 2.93. The molecular formula is C21H15ClN2O3S. The summed E-state index contributed by atoms with van der Waals surface area (Å²) in [6.07, 6.45) is 3.55. The van der Waals surface area contributed by atoms with E-state index in [0.717, 1.165) is 28.7 Å². The Morgan fingerprint density at radius 1 is 1.00 bits per heavy atom. The fourth-order valence-corrected chi connectivity index (χ4v) is 3.95. The van der Waals surface area contributed by atoms with Crippen LogP contribution in [0.25, 0.3) is 11.8 Å². The van der Waals surface area contributed by atoms with E-state index in [1.807, 2.05) is 29.0 Å². The Labute approximate surface area is 170 Å². The molecule has 28 heavy (non-hydrogen) atoms. The van der Waals surface area contributed by atoms with E-state index in [9.17, 15) is 14.7 Å². The first-order chi connectivity index (χ1) is 13.5. The number of phenolic OH excluding ortho intramolecular Hbond substituents is 1. The Morgan fingerprint density at radius 2 is 1.75 bits per heavy atom. The zero-order valence-electron chi connectivity index (χ0n) is 14.6. The van der Waals surface area contributed by atoms with Crippen LogP contribution in [-0.4, -0.2) is 25.7 Å². The van der Waals surface area contributed by atoms with Crippen LogP contribution in [0.2, 0.25) is 5.02 Å². The van der Waals surface area contributed by atoms with Crippen molar-refractivity contribution in [3.05, 3.63) is 88.0 Å². The zero-order chi connectivity index (χ0) is 19.7. The number of imide groups is 1. The van der Waals surface area contributed by atoms with Gasteiger partial charge in [0.25, 0.3) is 11.1 Å². The van der Waals surface area contributed by atoms with Crippen LogP contribution in [0.3, 0.4) is 0 Å². The van der Waals surface area contributed by atoms with Gasteiger partial charge in [-0.05, 0) is 65.9 Å². The van der Waals surface area contributed by atoms with Crippen molar-refractivity contribution in [1.82, 2.24) is 9.47 Å². The van der Waals surface area contributed by atoms with E-state index in [1.54, 1.807) is 48.5 Å². The highest BCUT2D eigenvalue weighted by molar-refractivity contribution is 8.18. The maximum Gasteiger partial charge on any atom is 0.293 e. The number of aromatic nitrogens is 1. The molecule has 0 unspecified atom stereocenters. The number of halogens is 1. The first-order valence-electron chi connectivity index (χ1n) is 8.48. The van der Waals surface area contributed by atoms with Crippen molar-refractivity contribution in [2.24, 2.45) is 0 Å². The summed E-state index contributed by atoms with van der Waals surface area (Å²) in [5.74, 6) is -0.161. The molecule has 5 nitrogen and oxygen atoms in total. The number of nitrogens with zero attached hydrogens (tertiary/aromatic N) is 2. The zero-order valence-corrected chi connectivity index (χ0v) is 16.2. The number of aromatic hydroxyl groups is 1. The quantitative estimate of drug-likeness (QED) is 0.610. The Kier molecular flexibility index (Phi) is 4.98. The molecule has 4 rings (SSSR count). The van der Waals surface area contributed by atoms with E-state index < -0.39 is 0 Å². The highest BCUT2D eigenvalue weighted by Gasteiger charge is 2.35. The van der Waals surface area contributed by atoms with Gasteiger partial charge in [0.05, 0.1) is 11.4 Å². The summed E-state index contributed by atoms with van der Waals surface area (Å²) >= 11 is 7.07. The van der Waals surface area contributed by atoms with Gasteiger partial charge < -0.3 is 9.67 Å². The maximum atomic E-state index is 12.8. The second-order valence-electron chi connectivity index (χ2n) is 6.18. The number of rotatable bonds is 4. The van der Waals surface area contributed by atoms with Gasteiger partial charge in [0.2, 0.25) is 0 Å². The molecule has 3 aromatic rings. The third-order valence-electron chi connectivity index (χ3n) is 4.35. The smallest absolute Gasteiger partial charge is 0.293 e. The van der Waals surface area contributed by atoms with Gasteiger partial charge in [-0.3, -0.25) is 14.5 Å². The standard InChI is InChI=1S/C21H15ClN2O3S/c22-18-6-2-1-4-14(18)13-24-20(26)19(28-21(24)27)12-16-5-3-11-23(16)15-7-9-17(25)10-8-15/h1-12,25H,13H2/b19-12-. The Balaban J connectivity index is 1.61. The van der Waals surface area contributed by atoms with Gasteiger partial charge in [0.15, 0.2) is 0 Å². The second kappa shape index (κ2) is 7.58. The van der Waals surface area contributed by atoms with Gasteiger partial charge in [-0.2, -0.15) is 0 Å². The van der Waals surface area contributed by atoms with Crippen LogP contribution in [0.1, 0.15) is 11.3 Å². The monoisotopic (exact) mass is 410 g/mol. The highest BCUT2D eigenvalue weighted by Crippen LogP contribution is 2.34. The molecule has 0 aliphatic carbocycles. The summed E-state index contributed by atoms with van der Waals surface area (Å²) < 4.78 is 1.88. The van der Waals surface area contributed by atoms with Crippen molar-refractivity contribution in [2.75, 3.05) is 0 Å². The van der Waals surface area contributed by atoms with Crippen molar-refractivity contribution in [1.29, 1.82) is 0 Å². The van der Waals surface area contributed by atoms with Crippen molar-refractivity contribution >= 4 is 40.6 Å². The topological polar surface area (TPSA) is 62.5 Å². The van der Waals surface area contributed by atoms with Gasteiger partial charge in [-0.25, -0.2) is 0 Å². The maximum absolute atomic E-state index is 12.8. The average Bonchev–Trinajstić information content (AvgIpc) is 3.24. The molecule has 0 radical (unpaired) electrons. The summed E-state index contributed by atoms with van der Waals surface area (Å²) in [5, 5.41) is 9.67. The van der Waals surface area contributed by atoms with Crippen LogP contribution in [0.15, 0.2) is 71.8 Å². The van der Waals surface area contributed by atoms with Crippen molar-refractivity contribution in [2.45, 2.75) is 6.54 Å². The predicted octanol–water partition coefficient (Wildman–Crippen LogP) is 5.07. The van der Waals surface area contributed by atoms with Gasteiger partial charge in [-0.15, -0.1) is 0 Å². The van der Waals surface area contributed by atoms with E-state index >= 15 is 0 Å². The molecule has 1 fully saturated rings. The lowest BCUT2D eigenvalue weighted by atomic mass is 10.2. The van der Waals surface area contributed by atoms with E-state index in [4.69, 9.17) is 11.6 Å². The number of carbonyl (C=O) groups is 2. The minimum Gasteiger partial charge on any atom is -0.508 e. The summed E-state index contributed by atoms with van der Waals surface area (Å²) in [6.45, 7) is 0.140. The molecule has 2 amide bonds. The highest BCUT2D eigenvalue weighted by atomic mass is 35.5. The van der Waals surface area contributed by atoms with Crippen molar-refractivity contribution < 1.29 is 14.7 Å². The Bertz CT molecular complexity index is 1090. The van der Waals surface area contributed by atoms with Crippen LogP contribution < -0.4 is 0 Å². The molecule has 1 aliphatic heterocycles. The number of carbonyl (C=O) groups excluding carboxylic acids is 2. The number of benzene rings is 2. The first kappa shape index (κ1) is 18.4. The summed E-state index contributed by atoms with van der Waals surface area (Å²) in [4.78, 5) is 26.7. The van der Waals surface area contributed by atoms with Gasteiger partial charge in [0.1, 0.15) is 5.75 Å². The summed E-state index contributed by atoms with van der Waals surface area (Å²) in [7, 11) is 0. The fraction of sp³-hybridized carbons (Fsp3) is 0.0476. The molecule has 7 heteroatoms. The van der Waals surface area contributed by atoms with Crippen molar-refractivity contribution in [3.8, 4) is 11.4 Å². The molecule has 1 N–H and O–H groups in total. The number of hydrogen-bond acceptors (Lipinski definition) is 4. The van der Waals surface area contributed by atoms with Crippen molar-refractivity contribution in [3.63, 3.8) is 0 Å². The largest absolute Gasteiger partial charge is 0.508 e. The molecule has 1 saturated heterocycles. The molecule has 0 saturated carbocycles. The van der Waals surface area contributed by atoms with E-state index in [0.29, 0.717) is 9.93 Å². The van der Waals surface area contributed by atoms with E-state index in [1.165, 1.54) is 4.90 Å². The van der Waals surface area contributed by atoms with Gasteiger partial charge in [-0.1, -0.05) is 29.8 Å². The lowest BCUT2D eigenvalue weighted by Gasteiger charge is -2.13. The first-order valence-corrected chi connectivity index (χ1v) is 9.68. The minimum absolute atomic E-state index is 0.140. The molecule has 0 spiro atoms. The van der Waals surface area contributed by atoms with Crippen LogP contribution in [0.5, 0.6) is 5.75 Å². The van der Waals surface area contributed by atoms with E-state index in [-0.39, 0.29) is 23.4 Å². The van der Waals surface area contributed by atoms with Crippen LogP contribution in [0.4, 0.5) is 4.79 Å². The summed E-state index contributed by atoms with van der Waals surface area (Å²) in [6, 6.07) is 17.6. The lowest BCUT2D eigenvalue weighted by molar-refractivity contribution is -0.123. The third-order valence-corrected chi connectivity index (χ3v) is 5.62. The molecule has 2 heterocycles. The predicted molar refractivity (Wildman–Crippen MR) is 110 cm³/mol. The molecule has 2 aromatic carbocycles. The molecular weight excluding hydrogens is 396 g/mol. The number of amides is 2. The van der Waals surface area contributed by atoms with Gasteiger partial charge >= 0.3 is 0 Å². The van der Waals surface area contributed by atoms with Gasteiger partial charge in [0, 0.05) is 22.6 Å². The Morgan fingerprint density at radius 3 is 2.50 bits per heavy atom. The average molecular weight is 411 g/mol. The number of thioether (sulfide) groups is 1. The minimum atomic E-state index is -0.339. The normalized spacial score (nSPS) is 15.6. The summed E-state index contributed by atoms with van der Waals surface area (Å²) in [5.41, 5.74) is 2.32. The van der Waals surface area contributed by atoms with Crippen LogP contribution in [-0.2, 0) is 11.3 Å². The van der Waals surface area contributed by atoms with Crippen LogP contribution >= 0.6 is 23.4 Å². The number of hydrogen-bond donors (Lipinski definition) is 1. The lowest BCUT2D eigenvalue weighted by Crippen LogP contribution is -2.27. The molecule has 0 atom stereocenters. The second-order valence-corrected chi connectivity index (χ2v) is 7.58. The van der Waals surface area contributed by atoms with E-state index in [2.05, 4.69) is 0 Å².